The number of nitrogens with zero attached hydrogens (tertiary/aromatic N) is 1. The predicted molar refractivity (Wildman–Crippen MR) is 103 cm³/mol. The second kappa shape index (κ2) is 8.20. The zero-order valence-electron chi connectivity index (χ0n) is 14.2. The molecule has 3 rings (SSSR count). The molecule has 0 atom stereocenters. The van der Waals surface area contributed by atoms with E-state index in [1.54, 1.807) is 48.5 Å². The van der Waals surface area contributed by atoms with E-state index in [1.165, 1.54) is 0 Å². The van der Waals surface area contributed by atoms with Gasteiger partial charge in [-0.05, 0) is 48.0 Å². The van der Waals surface area contributed by atoms with Crippen LogP contribution in [0.5, 0.6) is 0 Å². The Kier molecular flexibility index (Phi) is 5.91. The number of hydrogen-bond donors (Lipinski definition) is 1. The fraction of sp³-hybridized carbons (Fsp3) is 0.100. The number of aromatic nitrogens is 1. The van der Waals surface area contributed by atoms with Gasteiger partial charge in [-0.3, -0.25) is 9.78 Å². The summed E-state index contributed by atoms with van der Waals surface area (Å²) in [5.41, 5.74) is 1.29. The van der Waals surface area contributed by atoms with Crippen LogP contribution in [-0.2, 0) is 12.6 Å². The van der Waals surface area contributed by atoms with Crippen LogP contribution in [0, 0.1) is 0 Å². The van der Waals surface area contributed by atoms with E-state index in [2.05, 4.69) is 10.3 Å². The summed E-state index contributed by atoms with van der Waals surface area (Å²) >= 11 is 11.7. The topological polar surface area (TPSA) is 42.0 Å². The largest absolute Gasteiger partial charge is 0.417 e. The molecule has 1 heterocycles. The number of carbonyl (C=O) groups excluding carboxylic acids is 1. The lowest BCUT2D eigenvalue weighted by Gasteiger charge is -2.10. The molecule has 1 amide bonds. The maximum Gasteiger partial charge on any atom is 0.417 e. The summed E-state index contributed by atoms with van der Waals surface area (Å²) in [5, 5.41) is 3.25. The van der Waals surface area contributed by atoms with Crippen molar-refractivity contribution in [3.05, 3.63) is 93.2 Å². The summed E-state index contributed by atoms with van der Waals surface area (Å²) in [6.45, 7) is 0. The van der Waals surface area contributed by atoms with Crippen LogP contribution in [0.3, 0.4) is 0 Å². The number of alkyl halides is 3. The molecular formula is C20H13Cl2F3N2O. The number of amides is 1. The molecule has 1 aromatic heterocycles. The number of carbonyl (C=O) groups is 1. The number of rotatable bonds is 4. The number of nitrogens with one attached hydrogen (secondary N) is 1. The first-order chi connectivity index (χ1) is 13.2. The zero-order valence-corrected chi connectivity index (χ0v) is 15.7. The molecule has 1 N–H and O–H groups in total. The second-order valence-electron chi connectivity index (χ2n) is 5.98. The van der Waals surface area contributed by atoms with E-state index >= 15 is 0 Å². The van der Waals surface area contributed by atoms with Gasteiger partial charge in [0, 0.05) is 28.9 Å². The highest BCUT2D eigenvalue weighted by atomic mass is 35.5. The quantitative estimate of drug-likeness (QED) is 0.537. The Hall–Kier alpha value is -2.57. The van der Waals surface area contributed by atoms with Crippen LogP contribution in [0.4, 0.5) is 18.9 Å². The van der Waals surface area contributed by atoms with Gasteiger partial charge in [-0.2, -0.15) is 13.2 Å². The van der Waals surface area contributed by atoms with Crippen molar-refractivity contribution in [3.8, 4) is 0 Å². The molecule has 8 heteroatoms. The average molecular weight is 425 g/mol. The van der Waals surface area contributed by atoms with E-state index in [0.717, 1.165) is 17.8 Å². The number of halogens is 5. The fourth-order valence-electron chi connectivity index (χ4n) is 2.46. The summed E-state index contributed by atoms with van der Waals surface area (Å²) in [4.78, 5) is 16.0. The standard InChI is InChI=1S/C20H13Cl2F3N2O/c21-15-5-3-13(4-6-15)19(28)27-16-7-1-12(2-8-16)9-18-17(22)10-14(11-26-18)20(23,24)25/h1-8,10-11H,9H2,(H,27,28). The van der Waals surface area contributed by atoms with Crippen LogP contribution < -0.4 is 5.32 Å². The summed E-state index contributed by atoms with van der Waals surface area (Å²) in [5.74, 6) is -0.281. The molecular weight excluding hydrogens is 412 g/mol. The molecule has 28 heavy (non-hydrogen) atoms. The van der Waals surface area contributed by atoms with Gasteiger partial charge in [-0.1, -0.05) is 35.3 Å². The number of hydrogen-bond acceptors (Lipinski definition) is 2. The Morgan fingerprint density at radius 1 is 1.00 bits per heavy atom. The highest BCUT2D eigenvalue weighted by Crippen LogP contribution is 2.31. The lowest BCUT2D eigenvalue weighted by Crippen LogP contribution is -2.11. The highest BCUT2D eigenvalue weighted by molar-refractivity contribution is 6.31. The molecule has 0 bridgehead atoms. The van der Waals surface area contributed by atoms with Crippen molar-refractivity contribution in [3.63, 3.8) is 0 Å². The molecule has 0 radical (unpaired) electrons. The molecule has 0 spiro atoms. The number of benzene rings is 2. The normalized spacial score (nSPS) is 11.3. The van der Waals surface area contributed by atoms with Crippen molar-refractivity contribution in [2.75, 3.05) is 5.32 Å². The smallest absolute Gasteiger partial charge is 0.322 e. The maximum absolute atomic E-state index is 12.7. The van der Waals surface area contributed by atoms with E-state index in [-0.39, 0.29) is 17.4 Å². The molecule has 0 unspecified atom stereocenters. The predicted octanol–water partition coefficient (Wildman–Crippen LogP) is 6.25. The lowest BCUT2D eigenvalue weighted by molar-refractivity contribution is -0.137. The van der Waals surface area contributed by atoms with Crippen molar-refractivity contribution >= 4 is 34.8 Å². The Morgan fingerprint density at radius 2 is 1.64 bits per heavy atom. The molecule has 0 saturated heterocycles. The highest BCUT2D eigenvalue weighted by Gasteiger charge is 2.31. The van der Waals surface area contributed by atoms with Crippen molar-refractivity contribution in [2.24, 2.45) is 0 Å². The van der Waals surface area contributed by atoms with Crippen LogP contribution in [0.2, 0.25) is 10.0 Å². The van der Waals surface area contributed by atoms with Crippen LogP contribution in [-0.4, -0.2) is 10.9 Å². The van der Waals surface area contributed by atoms with Crippen molar-refractivity contribution in [1.82, 2.24) is 4.98 Å². The van der Waals surface area contributed by atoms with Gasteiger partial charge in [0.05, 0.1) is 16.3 Å². The summed E-state index contributed by atoms with van der Waals surface area (Å²) in [7, 11) is 0. The summed E-state index contributed by atoms with van der Waals surface area (Å²) < 4.78 is 38.0. The average Bonchev–Trinajstić information content (AvgIpc) is 2.64. The van der Waals surface area contributed by atoms with E-state index in [1.807, 2.05) is 0 Å². The first-order valence-corrected chi connectivity index (χ1v) is 8.85. The Morgan fingerprint density at radius 3 is 2.21 bits per heavy atom. The van der Waals surface area contributed by atoms with Gasteiger partial charge in [-0.25, -0.2) is 0 Å². The first-order valence-electron chi connectivity index (χ1n) is 8.10. The minimum Gasteiger partial charge on any atom is -0.322 e. The van der Waals surface area contributed by atoms with Crippen molar-refractivity contribution in [1.29, 1.82) is 0 Å². The van der Waals surface area contributed by atoms with Gasteiger partial charge in [0.1, 0.15) is 0 Å². The van der Waals surface area contributed by atoms with Gasteiger partial charge in [0.25, 0.3) is 5.91 Å². The van der Waals surface area contributed by atoms with Crippen LogP contribution in [0.25, 0.3) is 0 Å². The molecule has 0 aliphatic carbocycles. The van der Waals surface area contributed by atoms with E-state index < -0.39 is 11.7 Å². The van der Waals surface area contributed by atoms with Crippen LogP contribution in [0.15, 0.2) is 60.8 Å². The summed E-state index contributed by atoms with van der Waals surface area (Å²) in [6.07, 6.45) is -3.45. The van der Waals surface area contributed by atoms with E-state index in [4.69, 9.17) is 23.2 Å². The van der Waals surface area contributed by atoms with Gasteiger partial charge >= 0.3 is 6.18 Å². The minimum absolute atomic E-state index is 0.0463. The summed E-state index contributed by atoms with van der Waals surface area (Å²) in [6, 6.07) is 14.2. The Labute approximate surface area is 169 Å². The third kappa shape index (κ3) is 5.03. The lowest BCUT2D eigenvalue weighted by atomic mass is 10.1. The van der Waals surface area contributed by atoms with Gasteiger partial charge in [0.15, 0.2) is 0 Å². The minimum atomic E-state index is -4.49. The number of pyridine rings is 1. The van der Waals surface area contributed by atoms with E-state index in [9.17, 15) is 18.0 Å². The second-order valence-corrected chi connectivity index (χ2v) is 6.83. The first kappa shape index (κ1) is 20.2. The van der Waals surface area contributed by atoms with Gasteiger partial charge in [-0.15, -0.1) is 0 Å². The van der Waals surface area contributed by atoms with Gasteiger partial charge < -0.3 is 5.32 Å². The fourth-order valence-corrected chi connectivity index (χ4v) is 2.81. The monoisotopic (exact) mass is 424 g/mol. The molecule has 0 aliphatic rings. The third-order valence-corrected chi connectivity index (χ3v) is 4.51. The molecule has 0 fully saturated rings. The molecule has 0 saturated carbocycles. The molecule has 144 valence electrons. The van der Waals surface area contributed by atoms with Crippen LogP contribution in [0.1, 0.15) is 27.2 Å². The molecule has 3 aromatic rings. The SMILES string of the molecule is O=C(Nc1ccc(Cc2ncc(C(F)(F)F)cc2Cl)cc1)c1ccc(Cl)cc1. The van der Waals surface area contributed by atoms with Crippen molar-refractivity contribution in [2.45, 2.75) is 12.6 Å². The van der Waals surface area contributed by atoms with E-state index in [0.29, 0.717) is 22.0 Å². The van der Waals surface area contributed by atoms with Crippen LogP contribution >= 0.6 is 23.2 Å². The Bertz CT molecular complexity index is 988. The zero-order chi connectivity index (χ0) is 20.3. The molecule has 2 aromatic carbocycles. The van der Waals surface area contributed by atoms with Crippen molar-refractivity contribution < 1.29 is 18.0 Å². The molecule has 3 nitrogen and oxygen atoms in total. The number of anilines is 1. The maximum atomic E-state index is 12.7. The molecule has 0 aliphatic heterocycles. The van der Waals surface area contributed by atoms with Gasteiger partial charge in [0.2, 0.25) is 0 Å². The Balaban J connectivity index is 1.68. The third-order valence-electron chi connectivity index (χ3n) is 3.93.